The van der Waals surface area contributed by atoms with Crippen LogP contribution in [0.4, 0.5) is 25.1 Å². The maximum Gasteiger partial charge on any atom is 0.449 e. The molecule has 4 aromatic heterocycles. The van der Waals surface area contributed by atoms with E-state index in [0.29, 0.717) is 11.4 Å². The van der Waals surface area contributed by atoms with Gasteiger partial charge < -0.3 is 20.4 Å². The predicted octanol–water partition coefficient (Wildman–Crippen LogP) is 3.63. The van der Waals surface area contributed by atoms with Gasteiger partial charge in [0.2, 0.25) is 17.7 Å². The number of aryl methyl sites for hydroxylation is 1. The zero-order valence-electron chi connectivity index (χ0n) is 16.9. The molecule has 12 heteroatoms. The molecule has 0 amide bonds. The van der Waals surface area contributed by atoms with Gasteiger partial charge in [-0.3, -0.25) is 0 Å². The van der Waals surface area contributed by atoms with Crippen LogP contribution in [0, 0.1) is 12.8 Å². The quantitative estimate of drug-likeness (QED) is 0.441. The number of nitrogens with one attached hydrogen (secondary N) is 2. The van der Waals surface area contributed by atoms with E-state index in [0.717, 1.165) is 17.5 Å². The van der Waals surface area contributed by atoms with Crippen molar-refractivity contribution >= 4 is 17.4 Å². The summed E-state index contributed by atoms with van der Waals surface area (Å²) in [4.78, 5) is 22.8. The maximum atomic E-state index is 12.9. The maximum absolute atomic E-state index is 12.9. The summed E-state index contributed by atoms with van der Waals surface area (Å²) in [6, 6.07) is 3.15. The van der Waals surface area contributed by atoms with E-state index in [9.17, 15) is 13.2 Å². The fraction of sp³-hybridized carbons (Fsp3) is 0.316. The summed E-state index contributed by atoms with van der Waals surface area (Å²) in [5, 5.41) is 3.05. The number of halogens is 3. The van der Waals surface area contributed by atoms with E-state index >= 15 is 0 Å². The number of nitrogen functional groups attached to an aromatic ring is 1. The van der Waals surface area contributed by atoms with E-state index in [2.05, 4.69) is 35.2 Å². The Kier molecular flexibility index (Phi) is 4.99. The monoisotopic (exact) mass is 431 g/mol. The Morgan fingerprint density at radius 2 is 1.87 bits per heavy atom. The van der Waals surface area contributed by atoms with Gasteiger partial charge in [0.05, 0.1) is 29.6 Å². The number of nitrogens with two attached hydrogens (primary N) is 1. The third-order valence-corrected chi connectivity index (χ3v) is 4.77. The van der Waals surface area contributed by atoms with E-state index in [4.69, 9.17) is 5.73 Å². The summed E-state index contributed by atoms with van der Waals surface area (Å²) in [6.45, 7) is 5.58. The van der Waals surface area contributed by atoms with Gasteiger partial charge in [-0.15, -0.1) is 0 Å². The van der Waals surface area contributed by atoms with Gasteiger partial charge in [0.1, 0.15) is 5.82 Å². The highest BCUT2D eigenvalue weighted by atomic mass is 19.4. The third kappa shape index (κ3) is 4.13. The molecule has 4 aromatic rings. The first-order valence-electron chi connectivity index (χ1n) is 9.46. The van der Waals surface area contributed by atoms with Gasteiger partial charge in [-0.25, -0.2) is 9.97 Å². The molecule has 4 rings (SSSR count). The topological polar surface area (TPSA) is 123 Å². The van der Waals surface area contributed by atoms with Crippen LogP contribution in [0.25, 0.3) is 16.9 Å². The highest BCUT2D eigenvalue weighted by Gasteiger charge is 2.35. The molecule has 31 heavy (non-hydrogen) atoms. The number of aromatic nitrogens is 7. The van der Waals surface area contributed by atoms with Gasteiger partial charge in [-0.1, -0.05) is 13.8 Å². The van der Waals surface area contributed by atoms with Crippen molar-refractivity contribution in [3.05, 3.63) is 48.1 Å². The minimum Gasteiger partial charge on any atom is -0.368 e. The number of rotatable bonds is 5. The highest BCUT2D eigenvalue weighted by Crippen LogP contribution is 2.30. The van der Waals surface area contributed by atoms with Crippen molar-refractivity contribution in [2.45, 2.75) is 33.0 Å². The minimum atomic E-state index is -4.56. The molecule has 0 aliphatic rings. The number of imidazole rings is 2. The van der Waals surface area contributed by atoms with Gasteiger partial charge in [-0.05, 0) is 25.0 Å². The van der Waals surface area contributed by atoms with Crippen molar-refractivity contribution in [1.82, 2.24) is 34.3 Å². The SMILES string of the molecule is Cc1ncc2ccc(-c3nc(N)nc(N[C@@H](c4cnc(C(F)(F)F)[nH]4)C(C)C)n3)cn12. The van der Waals surface area contributed by atoms with Gasteiger partial charge in [0, 0.05) is 11.8 Å². The molecule has 162 valence electrons. The molecule has 0 bridgehead atoms. The number of aromatic amines is 1. The van der Waals surface area contributed by atoms with Crippen LogP contribution in [-0.2, 0) is 6.18 Å². The molecule has 0 fully saturated rings. The predicted molar refractivity (Wildman–Crippen MR) is 108 cm³/mol. The van der Waals surface area contributed by atoms with Crippen molar-refractivity contribution < 1.29 is 13.2 Å². The highest BCUT2D eigenvalue weighted by molar-refractivity contribution is 5.61. The van der Waals surface area contributed by atoms with Crippen molar-refractivity contribution in [2.75, 3.05) is 11.1 Å². The van der Waals surface area contributed by atoms with E-state index in [-0.39, 0.29) is 23.5 Å². The van der Waals surface area contributed by atoms with Crippen LogP contribution in [0.15, 0.2) is 30.7 Å². The fourth-order valence-electron chi connectivity index (χ4n) is 3.22. The second kappa shape index (κ2) is 7.52. The van der Waals surface area contributed by atoms with Gasteiger partial charge in [-0.2, -0.15) is 28.1 Å². The molecule has 4 heterocycles. The molecule has 0 saturated heterocycles. The first-order chi connectivity index (χ1) is 14.6. The molecule has 0 aliphatic heterocycles. The second-order valence-corrected chi connectivity index (χ2v) is 7.41. The number of H-pyrrole nitrogens is 1. The lowest BCUT2D eigenvalue weighted by Crippen LogP contribution is -2.20. The average molecular weight is 431 g/mol. The van der Waals surface area contributed by atoms with Crippen LogP contribution in [0.2, 0.25) is 0 Å². The van der Waals surface area contributed by atoms with Crippen LogP contribution in [-0.4, -0.2) is 34.3 Å². The Hall–Kier alpha value is -3.70. The number of anilines is 2. The molecule has 0 aliphatic carbocycles. The van der Waals surface area contributed by atoms with Crippen molar-refractivity contribution in [3.8, 4) is 11.4 Å². The van der Waals surface area contributed by atoms with Crippen molar-refractivity contribution in [2.24, 2.45) is 5.92 Å². The molecular weight excluding hydrogens is 411 g/mol. The summed E-state index contributed by atoms with van der Waals surface area (Å²) in [5.74, 6) is 0.0949. The third-order valence-electron chi connectivity index (χ3n) is 4.77. The average Bonchev–Trinajstić information content (AvgIpc) is 3.32. The Morgan fingerprint density at radius 1 is 1.10 bits per heavy atom. The smallest absolute Gasteiger partial charge is 0.368 e. The second-order valence-electron chi connectivity index (χ2n) is 7.41. The number of nitrogens with zero attached hydrogens (tertiary/aromatic N) is 6. The molecule has 0 aromatic carbocycles. The molecule has 9 nitrogen and oxygen atoms in total. The lowest BCUT2D eigenvalue weighted by Gasteiger charge is -2.21. The van der Waals surface area contributed by atoms with Crippen molar-refractivity contribution in [1.29, 1.82) is 0 Å². The number of pyridine rings is 1. The molecular formula is C19H20F3N9. The Morgan fingerprint density at radius 3 is 2.55 bits per heavy atom. The number of hydrogen-bond donors (Lipinski definition) is 3. The van der Waals surface area contributed by atoms with Crippen LogP contribution >= 0.6 is 0 Å². The van der Waals surface area contributed by atoms with Crippen molar-refractivity contribution in [3.63, 3.8) is 0 Å². The zero-order chi connectivity index (χ0) is 22.3. The molecule has 0 radical (unpaired) electrons. The van der Waals surface area contributed by atoms with E-state index < -0.39 is 18.0 Å². The van der Waals surface area contributed by atoms with Gasteiger partial charge >= 0.3 is 6.18 Å². The largest absolute Gasteiger partial charge is 0.449 e. The summed E-state index contributed by atoms with van der Waals surface area (Å²) >= 11 is 0. The number of fused-ring (bicyclic) bond motifs is 1. The minimum absolute atomic E-state index is 0.0157. The Bertz CT molecular complexity index is 1230. The van der Waals surface area contributed by atoms with Gasteiger partial charge in [0.15, 0.2) is 5.82 Å². The first kappa shape index (κ1) is 20.6. The van der Waals surface area contributed by atoms with Crippen LogP contribution in [0.3, 0.4) is 0 Å². The standard InChI is InChI=1S/C19H20F3N9/c1-9(2)14(13-7-25-16(26-13)19(20,21)22)27-18-29-15(28-17(23)30-18)11-4-5-12-6-24-10(3)31(12)8-11/h4-9,14H,1-3H3,(H,25,26)(H3,23,27,28,29,30)/t14-/m1/s1. The lowest BCUT2D eigenvalue weighted by molar-refractivity contribution is -0.144. The number of alkyl halides is 3. The van der Waals surface area contributed by atoms with Crippen LogP contribution in [0.5, 0.6) is 0 Å². The van der Waals surface area contributed by atoms with Gasteiger partial charge in [0.25, 0.3) is 0 Å². The zero-order valence-corrected chi connectivity index (χ0v) is 16.9. The molecule has 1 atom stereocenters. The normalized spacial score (nSPS) is 13.1. The van der Waals surface area contributed by atoms with E-state index in [1.165, 1.54) is 0 Å². The Balaban J connectivity index is 1.68. The summed E-state index contributed by atoms with van der Waals surface area (Å²) < 4.78 is 40.7. The summed E-state index contributed by atoms with van der Waals surface area (Å²) in [6.07, 6.45) is 0.178. The Labute approximate surface area is 175 Å². The molecule has 0 spiro atoms. The van der Waals surface area contributed by atoms with E-state index in [1.807, 2.05) is 43.5 Å². The van der Waals surface area contributed by atoms with E-state index in [1.54, 1.807) is 6.20 Å². The van der Waals surface area contributed by atoms with Crippen LogP contribution in [0.1, 0.15) is 37.2 Å². The fourth-order valence-corrected chi connectivity index (χ4v) is 3.22. The summed E-state index contributed by atoms with van der Waals surface area (Å²) in [5.41, 5.74) is 7.75. The first-order valence-corrected chi connectivity index (χ1v) is 9.46. The number of hydrogen-bond acceptors (Lipinski definition) is 7. The van der Waals surface area contributed by atoms with Crippen LogP contribution < -0.4 is 11.1 Å². The lowest BCUT2D eigenvalue weighted by atomic mass is 10.0. The molecule has 0 unspecified atom stereocenters. The molecule has 4 N–H and O–H groups in total. The molecule has 0 saturated carbocycles. The summed E-state index contributed by atoms with van der Waals surface area (Å²) in [7, 11) is 0.